The molecule has 1 aliphatic carbocycles. The zero-order chi connectivity index (χ0) is 14.1. The zero-order valence-electron chi connectivity index (χ0n) is 12.4. The van der Waals surface area contributed by atoms with Gasteiger partial charge in [0.05, 0.1) is 0 Å². The van der Waals surface area contributed by atoms with Crippen LogP contribution in [-0.4, -0.2) is 28.6 Å². The first-order chi connectivity index (χ1) is 10.2. The van der Waals surface area contributed by atoms with Crippen LogP contribution < -0.4 is 0 Å². The average Bonchev–Trinajstić information content (AvgIpc) is 2.82. The first-order valence-electron chi connectivity index (χ1n) is 8.20. The second-order valence-corrected chi connectivity index (χ2v) is 7.23. The first-order valence-corrected chi connectivity index (χ1v) is 8.20. The van der Waals surface area contributed by atoms with Crippen molar-refractivity contribution in [1.82, 2.24) is 4.90 Å². The number of nitrogens with zero attached hydrogens (tertiary/aromatic N) is 1. The van der Waals surface area contributed by atoms with Gasteiger partial charge >= 0.3 is 0 Å². The van der Waals surface area contributed by atoms with E-state index < -0.39 is 0 Å². The largest absolute Gasteiger partial charge is 0.508 e. The highest BCUT2D eigenvalue weighted by atomic mass is 16.3. The summed E-state index contributed by atoms with van der Waals surface area (Å²) in [6, 6.07) is 6.77. The molecule has 0 radical (unpaired) electrons. The van der Waals surface area contributed by atoms with Gasteiger partial charge in [0.25, 0.3) is 0 Å². The molecule has 2 aromatic rings. The molecule has 110 valence electrons. The summed E-state index contributed by atoms with van der Waals surface area (Å²) in [5, 5.41) is 11.0. The molecule has 1 saturated carbocycles. The number of benzene rings is 1. The lowest BCUT2D eigenvalue weighted by molar-refractivity contribution is 0.00427. The molecular formula is C18H21NO2. The second-order valence-electron chi connectivity index (χ2n) is 7.23. The maximum absolute atomic E-state index is 9.83. The summed E-state index contributed by atoms with van der Waals surface area (Å²) < 4.78 is 6.27. The van der Waals surface area contributed by atoms with Crippen molar-refractivity contribution in [1.29, 1.82) is 0 Å². The minimum Gasteiger partial charge on any atom is -0.508 e. The molecule has 4 bridgehead atoms. The highest BCUT2D eigenvalue weighted by Crippen LogP contribution is 2.50. The highest BCUT2D eigenvalue weighted by Gasteiger charge is 2.47. The number of rotatable bonds is 0. The Bertz CT molecular complexity index is 719. The van der Waals surface area contributed by atoms with Crippen LogP contribution in [0.2, 0.25) is 0 Å². The smallest absolute Gasteiger partial charge is 0.134 e. The van der Waals surface area contributed by atoms with E-state index in [4.69, 9.17) is 4.42 Å². The van der Waals surface area contributed by atoms with E-state index in [9.17, 15) is 5.11 Å². The van der Waals surface area contributed by atoms with E-state index in [1.807, 2.05) is 12.1 Å². The molecule has 0 spiro atoms. The van der Waals surface area contributed by atoms with E-state index in [1.54, 1.807) is 6.07 Å². The van der Waals surface area contributed by atoms with Crippen LogP contribution in [0.1, 0.15) is 43.4 Å². The molecule has 1 N–H and O–H groups in total. The molecular weight excluding hydrogens is 262 g/mol. The van der Waals surface area contributed by atoms with Crippen molar-refractivity contribution in [3.63, 3.8) is 0 Å². The molecule has 5 atom stereocenters. The van der Waals surface area contributed by atoms with Gasteiger partial charge < -0.3 is 9.52 Å². The van der Waals surface area contributed by atoms with E-state index in [1.165, 1.54) is 37.1 Å². The Labute approximate surface area is 124 Å². The topological polar surface area (TPSA) is 36.6 Å². The number of hydrogen-bond acceptors (Lipinski definition) is 3. The maximum Gasteiger partial charge on any atom is 0.134 e. The van der Waals surface area contributed by atoms with E-state index in [2.05, 4.69) is 11.8 Å². The van der Waals surface area contributed by atoms with Gasteiger partial charge in [0.15, 0.2) is 0 Å². The van der Waals surface area contributed by atoms with Crippen molar-refractivity contribution >= 4 is 11.0 Å². The lowest BCUT2D eigenvalue weighted by Crippen LogP contribution is -2.54. The highest BCUT2D eigenvalue weighted by molar-refractivity contribution is 5.84. The lowest BCUT2D eigenvalue weighted by Gasteiger charge is -2.50. The van der Waals surface area contributed by atoms with Crippen molar-refractivity contribution in [3.8, 4) is 5.75 Å². The van der Waals surface area contributed by atoms with Gasteiger partial charge in [-0.25, -0.2) is 0 Å². The van der Waals surface area contributed by atoms with Gasteiger partial charge in [-0.2, -0.15) is 0 Å². The Hall–Kier alpha value is -1.48. The van der Waals surface area contributed by atoms with Crippen molar-refractivity contribution in [2.24, 2.45) is 5.92 Å². The van der Waals surface area contributed by atoms with Gasteiger partial charge in [-0.05, 0) is 56.7 Å². The van der Waals surface area contributed by atoms with Crippen molar-refractivity contribution in [3.05, 3.63) is 29.5 Å². The summed E-state index contributed by atoms with van der Waals surface area (Å²) in [5.74, 6) is 2.97. The molecule has 1 aromatic carbocycles. The standard InChI is InChI=1S/C18H21NO2/c1-10-6-14-13-8-12(20)3-5-17(13)21-18(14)15-7-11-2-4-16(15)19(10)9-11/h3,5,8,10-11,15-16,20H,2,4,6-7,9H2,1H3/t10-,11+,15-,16?/m1/s1. The summed E-state index contributed by atoms with van der Waals surface area (Å²) in [6.45, 7) is 3.63. The molecule has 3 nitrogen and oxygen atoms in total. The molecule has 3 aliphatic heterocycles. The average molecular weight is 283 g/mol. The fourth-order valence-electron chi connectivity index (χ4n) is 5.10. The zero-order valence-corrected chi connectivity index (χ0v) is 12.4. The van der Waals surface area contributed by atoms with Crippen molar-refractivity contribution in [2.45, 2.75) is 50.6 Å². The Morgan fingerprint density at radius 2 is 2.19 bits per heavy atom. The lowest BCUT2D eigenvalue weighted by atomic mass is 9.72. The SMILES string of the molecule is C[C@@H]1Cc2c(oc3ccc(O)cc23)[C@@H]2C[C@@H]3CCC2N1C3. The molecule has 4 aliphatic rings. The van der Waals surface area contributed by atoms with E-state index in [0.717, 1.165) is 23.3 Å². The summed E-state index contributed by atoms with van der Waals surface area (Å²) in [5.41, 5.74) is 2.30. The van der Waals surface area contributed by atoms with Crippen LogP contribution in [0.4, 0.5) is 0 Å². The molecule has 1 aromatic heterocycles. The van der Waals surface area contributed by atoms with Gasteiger partial charge in [-0.15, -0.1) is 0 Å². The van der Waals surface area contributed by atoms with Crippen LogP contribution in [0, 0.1) is 5.92 Å². The number of phenols is 1. The van der Waals surface area contributed by atoms with Crippen molar-refractivity contribution < 1.29 is 9.52 Å². The van der Waals surface area contributed by atoms with Gasteiger partial charge in [0, 0.05) is 35.5 Å². The van der Waals surface area contributed by atoms with Gasteiger partial charge in [0.1, 0.15) is 17.1 Å². The first kappa shape index (κ1) is 12.1. The molecule has 4 heterocycles. The van der Waals surface area contributed by atoms with E-state index in [-0.39, 0.29) is 0 Å². The van der Waals surface area contributed by atoms with Crippen LogP contribution in [0.25, 0.3) is 11.0 Å². The monoisotopic (exact) mass is 283 g/mol. The maximum atomic E-state index is 9.83. The normalized spacial score (nSPS) is 37.5. The summed E-state index contributed by atoms with van der Waals surface area (Å²) in [7, 11) is 0. The third-order valence-electron chi connectivity index (χ3n) is 6.03. The van der Waals surface area contributed by atoms with E-state index >= 15 is 0 Å². The third-order valence-corrected chi connectivity index (χ3v) is 6.03. The molecule has 2 saturated heterocycles. The molecule has 3 heteroatoms. The van der Waals surface area contributed by atoms with Gasteiger partial charge in [-0.3, -0.25) is 4.90 Å². The minimum atomic E-state index is 0.341. The Morgan fingerprint density at radius 3 is 3.05 bits per heavy atom. The summed E-state index contributed by atoms with van der Waals surface area (Å²) in [6.07, 6.45) is 5.04. The van der Waals surface area contributed by atoms with Gasteiger partial charge in [0.2, 0.25) is 0 Å². The molecule has 3 fully saturated rings. The fraction of sp³-hybridized carbons (Fsp3) is 0.556. The Morgan fingerprint density at radius 1 is 1.29 bits per heavy atom. The Kier molecular flexibility index (Phi) is 2.33. The number of hydrogen-bond donors (Lipinski definition) is 1. The third kappa shape index (κ3) is 1.58. The molecule has 21 heavy (non-hydrogen) atoms. The molecule has 6 rings (SSSR count). The number of aromatic hydroxyl groups is 1. The summed E-state index contributed by atoms with van der Waals surface area (Å²) in [4.78, 5) is 2.73. The Balaban J connectivity index is 1.74. The number of phenolic OH excluding ortho intramolecular Hbond substituents is 1. The summed E-state index contributed by atoms with van der Waals surface area (Å²) >= 11 is 0. The van der Waals surface area contributed by atoms with E-state index in [0.29, 0.717) is 23.8 Å². The van der Waals surface area contributed by atoms with Crippen LogP contribution in [0.3, 0.4) is 0 Å². The van der Waals surface area contributed by atoms with Crippen molar-refractivity contribution in [2.75, 3.05) is 6.54 Å². The predicted octanol–water partition coefficient (Wildman–Crippen LogP) is 3.65. The predicted molar refractivity (Wildman–Crippen MR) is 81.6 cm³/mol. The number of piperidine rings is 2. The second kappa shape index (κ2) is 4.04. The quantitative estimate of drug-likeness (QED) is 0.801. The van der Waals surface area contributed by atoms with Crippen LogP contribution in [0.15, 0.2) is 22.6 Å². The fourth-order valence-corrected chi connectivity index (χ4v) is 5.10. The van der Waals surface area contributed by atoms with Crippen LogP contribution in [-0.2, 0) is 6.42 Å². The van der Waals surface area contributed by atoms with Crippen LogP contribution >= 0.6 is 0 Å². The van der Waals surface area contributed by atoms with Gasteiger partial charge in [-0.1, -0.05) is 0 Å². The molecule has 2 unspecified atom stereocenters. The minimum absolute atomic E-state index is 0.341. The number of furan rings is 1. The molecule has 0 amide bonds. The van der Waals surface area contributed by atoms with Crippen LogP contribution in [0.5, 0.6) is 5.75 Å². The number of fused-ring (bicyclic) bond motifs is 4.